The zero-order chi connectivity index (χ0) is 19.9. The fourth-order valence-corrected chi connectivity index (χ4v) is 4.30. The van der Waals surface area contributed by atoms with Crippen LogP contribution >= 0.6 is 11.6 Å². The molecule has 1 aromatic carbocycles. The van der Waals surface area contributed by atoms with Crippen LogP contribution in [0.3, 0.4) is 0 Å². The molecule has 0 saturated carbocycles. The van der Waals surface area contributed by atoms with Gasteiger partial charge in [0.15, 0.2) is 0 Å². The highest BCUT2D eigenvalue weighted by Gasteiger charge is 2.28. The molecule has 0 spiro atoms. The van der Waals surface area contributed by atoms with Crippen molar-refractivity contribution >= 4 is 22.5 Å². The lowest BCUT2D eigenvalue weighted by atomic mass is 9.97. The molecule has 1 atom stereocenters. The highest BCUT2D eigenvalue weighted by atomic mass is 35.5. The average molecular weight is 402 g/mol. The molecule has 4 nitrogen and oxygen atoms in total. The third-order valence-electron chi connectivity index (χ3n) is 5.77. The minimum absolute atomic E-state index is 0.373. The van der Waals surface area contributed by atoms with E-state index in [-0.39, 0.29) is 0 Å². The van der Waals surface area contributed by atoms with Crippen LogP contribution in [0.25, 0.3) is 10.9 Å². The molecule has 148 valence electrons. The summed E-state index contributed by atoms with van der Waals surface area (Å²) >= 11 is 6.29. The number of pyridine rings is 1. The van der Waals surface area contributed by atoms with Crippen molar-refractivity contribution in [3.8, 4) is 0 Å². The van der Waals surface area contributed by atoms with Gasteiger partial charge in [-0.1, -0.05) is 17.7 Å². The summed E-state index contributed by atoms with van der Waals surface area (Å²) < 4.78 is 15.0. The molecule has 6 heteroatoms. The fraction of sp³-hybridized carbons (Fsp3) is 0.409. The second-order valence-corrected chi connectivity index (χ2v) is 8.36. The molecule has 0 radical (unpaired) electrons. The number of aliphatic hydroxyl groups is 1. The van der Waals surface area contributed by atoms with Crippen molar-refractivity contribution in [2.45, 2.75) is 38.6 Å². The second-order valence-electron chi connectivity index (χ2n) is 7.92. The van der Waals surface area contributed by atoms with Gasteiger partial charge in [-0.15, -0.1) is 0 Å². The van der Waals surface area contributed by atoms with Crippen LogP contribution in [0.15, 0.2) is 36.5 Å². The zero-order valence-corrected chi connectivity index (χ0v) is 17.0. The van der Waals surface area contributed by atoms with E-state index < -0.39 is 12.3 Å². The molecule has 3 aromatic rings. The Morgan fingerprint density at radius 1 is 1.21 bits per heavy atom. The van der Waals surface area contributed by atoms with Crippen LogP contribution in [0.5, 0.6) is 0 Å². The highest BCUT2D eigenvalue weighted by Crippen LogP contribution is 2.34. The van der Waals surface area contributed by atoms with Crippen molar-refractivity contribution in [2.75, 3.05) is 20.1 Å². The van der Waals surface area contributed by atoms with Crippen LogP contribution in [-0.2, 0) is 31.7 Å². The first-order valence-electron chi connectivity index (χ1n) is 9.61. The number of alkyl halides is 1. The summed E-state index contributed by atoms with van der Waals surface area (Å²) in [7, 11) is 2.14. The molecule has 4 rings (SSSR count). The maximum Gasteiger partial charge on any atom is 0.131 e. The van der Waals surface area contributed by atoms with Gasteiger partial charge >= 0.3 is 0 Å². The number of likely N-dealkylation sites (N-methyl/N-ethyl adjacent to an activating group) is 1. The number of nitrogens with zero attached hydrogens (tertiary/aromatic N) is 3. The van der Waals surface area contributed by atoms with Crippen LogP contribution < -0.4 is 0 Å². The molecule has 3 heterocycles. The van der Waals surface area contributed by atoms with Gasteiger partial charge in [-0.05, 0) is 50.2 Å². The lowest BCUT2D eigenvalue weighted by Crippen LogP contribution is -2.29. The van der Waals surface area contributed by atoms with Gasteiger partial charge in [0.2, 0.25) is 0 Å². The predicted octanol–water partition coefficient (Wildman–Crippen LogP) is 4.10. The SMILES string of the molecule is CN1CCc2c(n(CC(C)(O)c3ccc(CF)nc3)c3ccc(Cl)cc23)CC1. The van der Waals surface area contributed by atoms with Crippen molar-refractivity contribution in [1.82, 2.24) is 14.5 Å². The quantitative estimate of drug-likeness (QED) is 0.715. The Balaban J connectivity index is 1.79. The van der Waals surface area contributed by atoms with Crippen molar-refractivity contribution in [1.29, 1.82) is 0 Å². The monoisotopic (exact) mass is 401 g/mol. The fourth-order valence-electron chi connectivity index (χ4n) is 4.13. The smallest absolute Gasteiger partial charge is 0.131 e. The molecular weight excluding hydrogens is 377 g/mol. The first kappa shape index (κ1) is 19.4. The highest BCUT2D eigenvalue weighted by molar-refractivity contribution is 6.31. The summed E-state index contributed by atoms with van der Waals surface area (Å²) in [5, 5.41) is 13.2. The number of hydrogen-bond acceptors (Lipinski definition) is 3. The number of hydrogen-bond donors (Lipinski definition) is 1. The molecule has 2 aromatic heterocycles. The lowest BCUT2D eigenvalue weighted by Gasteiger charge is -2.26. The molecule has 1 unspecified atom stereocenters. The number of benzene rings is 1. The average Bonchev–Trinajstić information content (AvgIpc) is 2.82. The zero-order valence-electron chi connectivity index (χ0n) is 16.3. The van der Waals surface area contributed by atoms with Gasteiger partial charge < -0.3 is 14.6 Å². The second kappa shape index (κ2) is 7.47. The third-order valence-corrected chi connectivity index (χ3v) is 6.01. The summed E-state index contributed by atoms with van der Waals surface area (Å²) in [5.41, 5.74) is 3.60. The largest absolute Gasteiger partial charge is 0.384 e. The predicted molar refractivity (Wildman–Crippen MR) is 110 cm³/mol. The van der Waals surface area contributed by atoms with Gasteiger partial charge in [0.25, 0.3) is 0 Å². The first-order valence-corrected chi connectivity index (χ1v) is 9.98. The summed E-state index contributed by atoms with van der Waals surface area (Å²) in [4.78, 5) is 6.44. The van der Waals surface area contributed by atoms with E-state index in [4.69, 9.17) is 11.6 Å². The summed E-state index contributed by atoms with van der Waals surface area (Å²) in [6.07, 6.45) is 3.46. The van der Waals surface area contributed by atoms with E-state index in [0.29, 0.717) is 17.8 Å². The van der Waals surface area contributed by atoms with Gasteiger partial charge in [0, 0.05) is 52.9 Å². The number of rotatable bonds is 4. The van der Waals surface area contributed by atoms with Crippen molar-refractivity contribution < 1.29 is 9.50 Å². The minimum atomic E-state index is -1.13. The standard InChI is InChI=1S/C22H25ClFN3O/c1-22(28,15-3-5-17(12-24)25-13-15)14-27-20-6-4-16(23)11-19(20)18-7-9-26(2)10-8-21(18)27/h3-6,11,13,28H,7-10,12,14H2,1-2H3. The Labute approximate surface area is 169 Å². The van der Waals surface area contributed by atoms with Crippen LogP contribution in [0.1, 0.15) is 29.4 Å². The van der Waals surface area contributed by atoms with E-state index in [1.807, 2.05) is 18.2 Å². The molecule has 0 amide bonds. The van der Waals surface area contributed by atoms with E-state index >= 15 is 0 Å². The first-order chi connectivity index (χ1) is 13.4. The lowest BCUT2D eigenvalue weighted by molar-refractivity contribution is 0.0384. The van der Waals surface area contributed by atoms with Crippen LogP contribution in [0.2, 0.25) is 5.02 Å². The molecule has 1 aliphatic rings. The van der Waals surface area contributed by atoms with Gasteiger partial charge in [0.05, 0.1) is 12.2 Å². The summed E-state index contributed by atoms with van der Waals surface area (Å²) in [6.45, 7) is 3.57. The van der Waals surface area contributed by atoms with Gasteiger partial charge in [-0.25, -0.2) is 4.39 Å². The molecule has 0 saturated heterocycles. The number of aromatic nitrogens is 2. The van der Waals surface area contributed by atoms with E-state index in [0.717, 1.165) is 36.5 Å². The number of halogens is 2. The molecule has 0 bridgehead atoms. The third kappa shape index (κ3) is 3.54. The van der Waals surface area contributed by atoms with E-state index in [1.165, 1.54) is 16.6 Å². The van der Waals surface area contributed by atoms with Crippen LogP contribution in [0.4, 0.5) is 4.39 Å². The van der Waals surface area contributed by atoms with Crippen LogP contribution in [0, 0.1) is 0 Å². The summed E-state index contributed by atoms with van der Waals surface area (Å²) in [6, 6.07) is 9.36. The van der Waals surface area contributed by atoms with Crippen LogP contribution in [-0.4, -0.2) is 39.7 Å². The maximum absolute atomic E-state index is 12.8. The van der Waals surface area contributed by atoms with Gasteiger partial charge in [-0.3, -0.25) is 4.98 Å². The molecule has 0 fully saturated rings. The molecule has 1 aliphatic heterocycles. The normalized spacial score (nSPS) is 17.3. The Hall–Kier alpha value is -1.95. The van der Waals surface area contributed by atoms with Gasteiger partial charge in [-0.2, -0.15) is 0 Å². The number of fused-ring (bicyclic) bond motifs is 3. The van der Waals surface area contributed by atoms with Crippen molar-refractivity contribution in [3.63, 3.8) is 0 Å². The molecule has 0 aliphatic carbocycles. The van der Waals surface area contributed by atoms with Gasteiger partial charge in [0.1, 0.15) is 12.3 Å². The summed E-state index contributed by atoms with van der Waals surface area (Å²) in [5.74, 6) is 0. The molecule has 28 heavy (non-hydrogen) atoms. The Bertz CT molecular complexity index is 997. The Morgan fingerprint density at radius 2 is 2.00 bits per heavy atom. The maximum atomic E-state index is 12.8. The minimum Gasteiger partial charge on any atom is -0.384 e. The Kier molecular flexibility index (Phi) is 5.17. The molecule has 1 N–H and O–H groups in total. The van der Waals surface area contributed by atoms with E-state index in [1.54, 1.807) is 25.3 Å². The Morgan fingerprint density at radius 3 is 2.71 bits per heavy atom. The van der Waals surface area contributed by atoms with Crippen molar-refractivity contribution in [2.24, 2.45) is 0 Å². The van der Waals surface area contributed by atoms with E-state index in [2.05, 4.69) is 21.5 Å². The van der Waals surface area contributed by atoms with E-state index in [9.17, 15) is 9.50 Å². The van der Waals surface area contributed by atoms with Crippen molar-refractivity contribution in [3.05, 3.63) is 64.1 Å². The molecular formula is C22H25ClFN3O. The topological polar surface area (TPSA) is 41.3 Å².